The maximum atomic E-state index is 12.2. The molecule has 0 unspecified atom stereocenters. The van der Waals surface area contributed by atoms with Gasteiger partial charge < -0.3 is 9.47 Å². The van der Waals surface area contributed by atoms with Gasteiger partial charge in [-0.15, -0.1) is 0 Å². The van der Waals surface area contributed by atoms with Crippen LogP contribution in [0.25, 0.3) is 0 Å². The Balaban J connectivity index is 2.13. The van der Waals surface area contributed by atoms with Gasteiger partial charge in [-0.1, -0.05) is 30.8 Å². The molecule has 0 spiro atoms. The summed E-state index contributed by atoms with van der Waals surface area (Å²) >= 11 is 0. The monoisotopic (exact) mass is 366 g/mol. The van der Waals surface area contributed by atoms with E-state index in [9.17, 15) is 18.0 Å². The van der Waals surface area contributed by atoms with Crippen LogP contribution in [-0.2, 0) is 26.0 Å². The van der Waals surface area contributed by atoms with E-state index < -0.39 is 34.4 Å². The molecule has 1 aromatic carbocycles. The fourth-order valence-corrected chi connectivity index (χ4v) is 2.91. The SMILES string of the molecule is [B]Cc1ccc(C(=O)OCCS(=O)(=O)O)c(OC(=O)C2CCCC2)c1. The highest BCUT2D eigenvalue weighted by molar-refractivity contribution is 7.85. The lowest BCUT2D eigenvalue weighted by atomic mass is 9.96. The minimum Gasteiger partial charge on any atom is -0.461 e. The Kier molecular flexibility index (Phi) is 6.61. The number of hydrogen-bond donors (Lipinski definition) is 1. The van der Waals surface area contributed by atoms with Crippen molar-refractivity contribution in [1.82, 2.24) is 0 Å². The van der Waals surface area contributed by atoms with Crippen molar-refractivity contribution in [3.05, 3.63) is 29.3 Å². The third-order valence-corrected chi connectivity index (χ3v) is 4.66. The molecular formula is C16H19BO7S. The first-order valence-electron chi connectivity index (χ1n) is 7.97. The number of benzene rings is 1. The molecule has 1 fully saturated rings. The first-order valence-corrected chi connectivity index (χ1v) is 9.58. The number of esters is 2. The van der Waals surface area contributed by atoms with Crippen LogP contribution < -0.4 is 4.74 Å². The Bertz CT molecular complexity index is 739. The summed E-state index contributed by atoms with van der Waals surface area (Å²) in [5.41, 5.74) is 0.669. The molecule has 1 N–H and O–H groups in total. The van der Waals surface area contributed by atoms with Gasteiger partial charge >= 0.3 is 11.9 Å². The molecule has 1 aromatic rings. The highest BCUT2D eigenvalue weighted by Crippen LogP contribution is 2.28. The summed E-state index contributed by atoms with van der Waals surface area (Å²) in [5, 5.41) is 0. The molecule has 0 saturated heterocycles. The van der Waals surface area contributed by atoms with E-state index >= 15 is 0 Å². The molecule has 0 aliphatic heterocycles. The number of carbonyl (C=O) groups is 2. The topological polar surface area (TPSA) is 107 Å². The van der Waals surface area contributed by atoms with E-state index in [1.807, 2.05) is 0 Å². The van der Waals surface area contributed by atoms with Gasteiger partial charge in [0.25, 0.3) is 10.1 Å². The second-order valence-electron chi connectivity index (χ2n) is 5.86. The van der Waals surface area contributed by atoms with Crippen LogP contribution in [0.15, 0.2) is 18.2 Å². The normalized spacial score (nSPS) is 15.1. The van der Waals surface area contributed by atoms with E-state index in [1.165, 1.54) is 12.1 Å². The molecule has 2 rings (SSSR count). The van der Waals surface area contributed by atoms with Gasteiger partial charge in [0.05, 0.1) is 13.8 Å². The van der Waals surface area contributed by atoms with Crippen LogP contribution in [0.3, 0.4) is 0 Å². The molecule has 0 amide bonds. The molecule has 134 valence electrons. The van der Waals surface area contributed by atoms with E-state index in [1.54, 1.807) is 6.07 Å². The zero-order valence-electron chi connectivity index (χ0n) is 13.6. The Labute approximate surface area is 147 Å². The van der Waals surface area contributed by atoms with Gasteiger partial charge in [-0.25, -0.2) is 4.79 Å². The third-order valence-electron chi connectivity index (χ3n) is 3.98. The molecule has 0 atom stereocenters. The van der Waals surface area contributed by atoms with Crippen LogP contribution in [0, 0.1) is 5.92 Å². The van der Waals surface area contributed by atoms with Crippen LogP contribution in [0.1, 0.15) is 41.6 Å². The summed E-state index contributed by atoms with van der Waals surface area (Å²) in [6.45, 7) is -0.508. The van der Waals surface area contributed by atoms with Crippen molar-refractivity contribution < 1.29 is 32.0 Å². The van der Waals surface area contributed by atoms with E-state index in [4.69, 9.17) is 21.9 Å². The van der Waals surface area contributed by atoms with Gasteiger partial charge in [-0.05, 0) is 25.0 Å². The maximum Gasteiger partial charge on any atom is 0.341 e. The molecule has 2 radical (unpaired) electrons. The highest BCUT2D eigenvalue weighted by Gasteiger charge is 2.26. The lowest BCUT2D eigenvalue weighted by Gasteiger charge is -2.14. The largest absolute Gasteiger partial charge is 0.461 e. The third kappa shape index (κ3) is 5.86. The molecule has 0 heterocycles. The van der Waals surface area contributed by atoms with Crippen LogP contribution in [0.2, 0.25) is 0 Å². The zero-order valence-corrected chi connectivity index (χ0v) is 14.5. The van der Waals surface area contributed by atoms with E-state index in [-0.39, 0.29) is 23.6 Å². The van der Waals surface area contributed by atoms with Crippen molar-refractivity contribution in [2.24, 2.45) is 5.92 Å². The summed E-state index contributed by atoms with van der Waals surface area (Å²) < 4.78 is 40.2. The molecule has 1 saturated carbocycles. The van der Waals surface area contributed by atoms with Gasteiger partial charge in [0.1, 0.15) is 23.7 Å². The Morgan fingerprint density at radius 2 is 1.92 bits per heavy atom. The minimum absolute atomic E-state index is 0.00103. The molecular weight excluding hydrogens is 347 g/mol. The van der Waals surface area contributed by atoms with Crippen molar-refractivity contribution in [2.45, 2.75) is 32.0 Å². The van der Waals surface area contributed by atoms with E-state index in [0.29, 0.717) is 5.56 Å². The predicted molar refractivity (Wildman–Crippen MR) is 90.2 cm³/mol. The Morgan fingerprint density at radius 3 is 2.52 bits per heavy atom. The molecule has 9 heteroatoms. The number of rotatable bonds is 7. The average Bonchev–Trinajstić information content (AvgIpc) is 3.08. The number of carbonyl (C=O) groups excluding carboxylic acids is 2. The maximum absolute atomic E-state index is 12.2. The fraction of sp³-hybridized carbons (Fsp3) is 0.500. The molecule has 25 heavy (non-hydrogen) atoms. The van der Waals surface area contributed by atoms with E-state index in [2.05, 4.69) is 0 Å². The molecule has 1 aliphatic carbocycles. The summed E-state index contributed by atoms with van der Waals surface area (Å²) in [7, 11) is 1.34. The smallest absolute Gasteiger partial charge is 0.341 e. The van der Waals surface area contributed by atoms with Crippen LogP contribution >= 0.6 is 0 Å². The van der Waals surface area contributed by atoms with Gasteiger partial charge in [-0.3, -0.25) is 9.35 Å². The summed E-state index contributed by atoms with van der Waals surface area (Å²) in [5.74, 6) is -2.11. The Hall–Kier alpha value is -1.87. The zero-order chi connectivity index (χ0) is 18.4. The summed E-state index contributed by atoms with van der Waals surface area (Å²) in [4.78, 5) is 24.3. The van der Waals surface area contributed by atoms with Crippen LogP contribution in [-0.4, -0.2) is 45.1 Å². The molecule has 7 nitrogen and oxygen atoms in total. The van der Waals surface area contributed by atoms with Crippen molar-refractivity contribution in [3.8, 4) is 5.75 Å². The number of ether oxygens (including phenoxy) is 2. The average molecular weight is 366 g/mol. The standard InChI is InChI=1S/C16H19BO7S/c17-10-11-5-6-13(16(19)23-7-8-25(20,21)22)14(9-11)24-15(18)12-3-1-2-4-12/h5-6,9,12H,1-4,7-8,10H2,(H,20,21,22). The van der Waals surface area contributed by atoms with Gasteiger partial charge in [0, 0.05) is 0 Å². The highest BCUT2D eigenvalue weighted by atomic mass is 32.2. The minimum atomic E-state index is -4.23. The van der Waals surface area contributed by atoms with Crippen molar-refractivity contribution in [1.29, 1.82) is 0 Å². The lowest BCUT2D eigenvalue weighted by Crippen LogP contribution is -2.20. The van der Waals surface area contributed by atoms with Crippen LogP contribution in [0.4, 0.5) is 0 Å². The second-order valence-corrected chi connectivity index (χ2v) is 7.43. The first-order chi connectivity index (χ1) is 11.8. The second kappa shape index (κ2) is 8.49. The predicted octanol–water partition coefficient (Wildman–Crippen LogP) is 1.50. The molecule has 0 bridgehead atoms. The van der Waals surface area contributed by atoms with E-state index in [0.717, 1.165) is 25.7 Å². The number of hydrogen-bond acceptors (Lipinski definition) is 6. The molecule has 0 aromatic heterocycles. The van der Waals surface area contributed by atoms with Gasteiger partial charge in [-0.2, -0.15) is 8.42 Å². The lowest BCUT2D eigenvalue weighted by molar-refractivity contribution is -0.138. The Morgan fingerprint density at radius 1 is 1.24 bits per heavy atom. The van der Waals surface area contributed by atoms with Crippen molar-refractivity contribution in [3.63, 3.8) is 0 Å². The quantitative estimate of drug-likeness (QED) is 0.337. The van der Waals surface area contributed by atoms with Gasteiger partial charge in [0.2, 0.25) is 0 Å². The summed E-state index contributed by atoms with van der Waals surface area (Å²) in [6.07, 6.45) is 3.64. The van der Waals surface area contributed by atoms with Crippen molar-refractivity contribution >= 4 is 29.9 Å². The first kappa shape index (κ1) is 19.5. The van der Waals surface area contributed by atoms with Crippen molar-refractivity contribution in [2.75, 3.05) is 12.4 Å². The molecule has 1 aliphatic rings. The summed E-state index contributed by atoms with van der Waals surface area (Å²) in [6, 6.07) is 4.49. The fourth-order valence-electron chi connectivity index (χ4n) is 2.62. The van der Waals surface area contributed by atoms with Gasteiger partial charge in [0.15, 0.2) is 0 Å². The van der Waals surface area contributed by atoms with Crippen LogP contribution in [0.5, 0.6) is 5.75 Å².